The largest absolute Gasteiger partial charge is 0.324 e. The minimum atomic E-state index is -2.83. The summed E-state index contributed by atoms with van der Waals surface area (Å²) in [5.41, 5.74) is 9.33. The van der Waals surface area contributed by atoms with E-state index < -0.39 is 7.43 Å². The van der Waals surface area contributed by atoms with E-state index in [0.717, 1.165) is 11.3 Å². The van der Waals surface area contributed by atoms with Crippen molar-refractivity contribution in [3.63, 3.8) is 0 Å². The molecule has 0 bridgehead atoms. The molecule has 0 aliphatic heterocycles. The van der Waals surface area contributed by atoms with E-state index in [9.17, 15) is 0 Å². The number of hydrogen-bond acceptors (Lipinski definition) is 2. The summed E-state index contributed by atoms with van der Waals surface area (Å²) >= 11 is 0. The van der Waals surface area contributed by atoms with Crippen LogP contribution in [0.3, 0.4) is 0 Å². The fourth-order valence-electron chi connectivity index (χ4n) is 5.56. The van der Waals surface area contributed by atoms with Gasteiger partial charge in [-0.15, -0.1) is 0 Å². The zero-order chi connectivity index (χ0) is 31.9. The van der Waals surface area contributed by atoms with Gasteiger partial charge in [0.15, 0.2) is 7.43 Å². The van der Waals surface area contributed by atoms with Crippen molar-refractivity contribution in [3.05, 3.63) is 93.5 Å². The molecule has 0 saturated heterocycles. The Balaban J connectivity index is 2.60. The Morgan fingerprint density at radius 2 is 1.14 bits per heavy atom. The van der Waals surface area contributed by atoms with Gasteiger partial charge in [-0.2, -0.15) is 0 Å². The highest BCUT2D eigenvalue weighted by atomic mass is 31.2. The van der Waals surface area contributed by atoms with E-state index in [1.807, 2.05) is 0 Å². The average molecular weight is 589 g/mol. The lowest BCUT2D eigenvalue weighted by Gasteiger charge is -2.37. The van der Waals surface area contributed by atoms with Gasteiger partial charge in [0, 0.05) is 10.8 Å². The molecular formula is C38H57N2OP. The maximum Gasteiger partial charge on any atom is 0.187 e. The standard InChI is InChI=1S/C38H57N2OP/c1-26-21-27(2)34(28(3)22-26)42(40-38(13,14)15,41-25-29-19-17-16-18-20-29)39-33-31(36(7,8)9)23-30(35(4,5)6)24-32(33)37(10,11)12/h16-24,40H,25H2,1-15H3. The Kier molecular flexibility index (Phi) is 9.85. The molecule has 3 nitrogen and oxygen atoms in total. The summed E-state index contributed by atoms with van der Waals surface area (Å²) in [4.78, 5) is 0. The lowest BCUT2D eigenvalue weighted by atomic mass is 9.74. The Morgan fingerprint density at radius 3 is 1.55 bits per heavy atom. The second kappa shape index (κ2) is 12.1. The van der Waals surface area contributed by atoms with Gasteiger partial charge in [-0.05, 0) is 91.2 Å². The SMILES string of the molecule is Cc1cc(C)c(P(=Nc2c(C(C)(C)C)cc(C(C)(C)C)cc2C(C)(C)C)(NC(C)(C)C)OCc2ccccc2)c(C)c1. The highest BCUT2D eigenvalue weighted by Gasteiger charge is 2.36. The van der Waals surface area contributed by atoms with E-state index in [1.165, 1.54) is 38.7 Å². The normalized spacial score (nSPS) is 14.5. The third kappa shape index (κ3) is 8.25. The van der Waals surface area contributed by atoms with E-state index in [-0.39, 0.29) is 21.8 Å². The van der Waals surface area contributed by atoms with Crippen LogP contribution in [0.2, 0.25) is 0 Å². The smallest absolute Gasteiger partial charge is 0.187 e. The van der Waals surface area contributed by atoms with Gasteiger partial charge in [-0.1, -0.05) is 122 Å². The number of benzene rings is 3. The molecule has 0 aromatic heterocycles. The molecule has 3 aromatic rings. The average Bonchev–Trinajstić information content (AvgIpc) is 2.79. The number of nitrogens with zero attached hydrogens (tertiary/aromatic N) is 1. The Morgan fingerprint density at radius 1 is 0.667 bits per heavy atom. The van der Waals surface area contributed by atoms with E-state index in [2.05, 4.69) is 164 Å². The van der Waals surface area contributed by atoms with Gasteiger partial charge in [0.05, 0.1) is 12.3 Å². The number of rotatable bonds is 6. The van der Waals surface area contributed by atoms with Gasteiger partial charge in [0.1, 0.15) is 0 Å². The van der Waals surface area contributed by atoms with Gasteiger partial charge >= 0.3 is 0 Å². The fraction of sp³-hybridized carbons (Fsp3) is 0.526. The fourth-order valence-corrected chi connectivity index (χ4v) is 8.90. The molecule has 1 N–H and O–H groups in total. The predicted octanol–water partition coefficient (Wildman–Crippen LogP) is 11.1. The summed E-state index contributed by atoms with van der Waals surface area (Å²) in [6.07, 6.45) is 0. The molecule has 0 aliphatic rings. The van der Waals surface area contributed by atoms with Crippen LogP contribution in [0, 0.1) is 20.8 Å². The lowest BCUT2D eigenvalue weighted by Crippen LogP contribution is -2.38. The van der Waals surface area contributed by atoms with Crippen molar-refractivity contribution >= 4 is 18.4 Å². The van der Waals surface area contributed by atoms with E-state index >= 15 is 0 Å². The van der Waals surface area contributed by atoms with Crippen LogP contribution in [0.1, 0.15) is 122 Å². The molecule has 0 heterocycles. The van der Waals surface area contributed by atoms with E-state index in [1.54, 1.807) is 0 Å². The van der Waals surface area contributed by atoms with E-state index in [4.69, 9.17) is 9.27 Å². The molecule has 1 atom stereocenters. The summed E-state index contributed by atoms with van der Waals surface area (Å²) in [7, 11) is -2.83. The van der Waals surface area contributed by atoms with Crippen molar-refractivity contribution in [1.29, 1.82) is 0 Å². The van der Waals surface area contributed by atoms with Crippen molar-refractivity contribution in [3.8, 4) is 0 Å². The molecule has 0 radical (unpaired) electrons. The van der Waals surface area contributed by atoms with E-state index in [0.29, 0.717) is 6.61 Å². The summed E-state index contributed by atoms with van der Waals surface area (Å²) in [5, 5.41) is 5.22. The minimum absolute atomic E-state index is 0.0162. The van der Waals surface area contributed by atoms with Crippen LogP contribution in [-0.2, 0) is 27.4 Å². The van der Waals surface area contributed by atoms with Crippen LogP contribution in [-0.4, -0.2) is 5.54 Å². The highest BCUT2D eigenvalue weighted by molar-refractivity contribution is 7.67. The molecule has 1 unspecified atom stereocenters. The van der Waals surface area contributed by atoms with Crippen LogP contribution < -0.4 is 10.4 Å². The van der Waals surface area contributed by atoms with Gasteiger partial charge in [0.2, 0.25) is 0 Å². The molecule has 0 fully saturated rings. The summed E-state index contributed by atoms with van der Waals surface area (Å²) < 4.78 is 13.2. The summed E-state index contributed by atoms with van der Waals surface area (Å²) in [6.45, 7) is 34.5. The second-order valence-corrected chi connectivity index (χ2v) is 18.5. The maximum absolute atomic E-state index is 7.25. The lowest BCUT2D eigenvalue weighted by molar-refractivity contribution is 0.323. The third-order valence-corrected chi connectivity index (χ3v) is 10.8. The monoisotopic (exact) mass is 588 g/mol. The molecule has 0 aliphatic carbocycles. The molecule has 42 heavy (non-hydrogen) atoms. The van der Waals surface area contributed by atoms with Crippen LogP contribution in [0.5, 0.6) is 0 Å². The molecule has 4 heteroatoms. The quantitative estimate of drug-likeness (QED) is 0.291. The number of aryl methyl sites for hydroxylation is 3. The zero-order valence-electron chi connectivity index (χ0n) is 29.2. The molecule has 3 rings (SSSR count). The van der Waals surface area contributed by atoms with Crippen molar-refractivity contribution in [2.24, 2.45) is 4.74 Å². The first-order chi connectivity index (χ1) is 19.0. The molecule has 0 spiro atoms. The molecule has 0 saturated carbocycles. The summed E-state index contributed by atoms with van der Waals surface area (Å²) in [6, 6.07) is 19.9. The van der Waals surface area contributed by atoms with Crippen LogP contribution in [0.15, 0.2) is 59.3 Å². The van der Waals surface area contributed by atoms with Crippen molar-refractivity contribution in [2.45, 2.75) is 132 Å². The van der Waals surface area contributed by atoms with Crippen LogP contribution in [0.4, 0.5) is 5.69 Å². The molecule has 3 aromatic carbocycles. The Hall–Kier alpha value is -2.19. The van der Waals surface area contributed by atoms with Gasteiger partial charge in [0.25, 0.3) is 0 Å². The van der Waals surface area contributed by atoms with Crippen LogP contribution >= 0.6 is 7.43 Å². The first-order valence-corrected chi connectivity index (χ1v) is 17.1. The Labute approximate surface area is 258 Å². The first-order valence-electron chi connectivity index (χ1n) is 15.4. The van der Waals surface area contributed by atoms with Crippen molar-refractivity contribution in [1.82, 2.24) is 5.09 Å². The van der Waals surface area contributed by atoms with Crippen molar-refractivity contribution < 1.29 is 4.52 Å². The van der Waals surface area contributed by atoms with Gasteiger partial charge < -0.3 is 4.52 Å². The molecule has 0 amide bonds. The van der Waals surface area contributed by atoms with Crippen LogP contribution in [0.25, 0.3) is 0 Å². The molecular weight excluding hydrogens is 531 g/mol. The molecule has 230 valence electrons. The first kappa shape index (κ1) is 34.3. The van der Waals surface area contributed by atoms with Crippen molar-refractivity contribution in [2.75, 3.05) is 0 Å². The third-order valence-electron chi connectivity index (χ3n) is 7.52. The zero-order valence-corrected chi connectivity index (χ0v) is 30.1. The highest BCUT2D eigenvalue weighted by Crippen LogP contribution is 2.56. The number of hydrogen-bond donors (Lipinski definition) is 1. The summed E-state index contributed by atoms with van der Waals surface area (Å²) in [5.74, 6) is 0. The predicted molar refractivity (Wildman–Crippen MR) is 186 cm³/mol. The Bertz CT molecular complexity index is 1400. The van der Waals surface area contributed by atoms with Gasteiger partial charge in [-0.25, -0.2) is 4.74 Å². The maximum atomic E-state index is 7.25. The minimum Gasteiger partial charge on any atom is -0.324 e. The van der Waals surface area contributed by atoms with Gasteiger partial charge in [-0.3, -0.25) is 5.09 Å². The second-order valence-electron chi connectivity index (χ2n) is 16.2. The topological polar surface area (TPSA) is 33.6 Å². The number of nitrogens with one attached hydrogen (secondary N) is 1.